The summed E-state index contributed by atoms with van der Waals surface area (Å²) in [5.41, 5.74) is -1.71. The smallest absolute Gasteiger partial charge is 0.746 e. The zero-order valence-electron chi connectivity index (χ0n) is 8.90. The molecule has 0 aliphatic rings. The van der Waals surface area contributed by atoms with Gasteiger partial charge in [-0.1, -0.05) is 32.6 Å². The largest absolute Gasteiger partial charge is 1.00 e. The summed E-state index contributed by atoms with van der Waals surface area (Å²) in [5, 5.41) is 8.84. The first-order valence-corrected chi connectivity index (χ1v) is 6.08. The van der Waals surface area contributed by atoms with Crippen LogP contribution in [0.15, 0.2) is 0 Å². The molecule has 0 bridgehead atoms. The Morgan fingerprint density at radius 1 is 1.21 bits per heavy atom. The summed E-state index contributed by atoms with van der Waals surface area (Å²) >= 11 is 0. The Bertz CT molecular complexity index is 215. The van der Waals surface area contributed by atoms with Crippen molar-refractivity contribution in [2.75, 3.05) is 0 Å². The Kier molecular flexibility index (Phi) is 12.4. The van der Waals surface area contributed by atoms with Gasteiger partial charge in [-0.25, -0.2) is 8.42 Å². The summed E-state index contributed by atoms with van der Waals surface area (Å²) < 4.78 is 30.7. The second-order valence-electron chi connectivity index (χ2n) is 3.15. The summed E-state index contributed by atoms with van der Waals surface area (Å²) in [5.74, 6) is 0. The molecule has 0 saturated carbocycles. The van der Waals surface area contributed by atoms with Crippen molar-refractivity contribution in [3.05, 3.63) is 0 Å². The van der Waals surface area contributed by atoms with Crippen LogP contribution in [-0.2, 0) is 10.1 Å². The molecule has 0 radical (unpaired) electrons. The van der Waals surface area contributed by atoms with Gasteiger partial charge >= 0.3 is 51.4 Å². The molecule has 0 saturated heterocycles. The fourth-order valence-corrected chi connectivity index (χ4v) is 1.52. The van der Waals surface area contributed by atoms with E-state index < -0.39 is 15.6 Å². The molecule has 14 heavy (non-hydrogen) atoms. The maximum atomic E-state index is 10.2. The molecule has 0 aromatic heterocycles. The number of hydrogen-bond acceptors (Lipinski definition) is 4. The second kappa shape index (κ2) is 9.71. The molecule has 0 amide bonds. The van der Waals surface area contributed by atoms with Crippen LogP contribution < -0.4 is 51.4 Å². The molecule has 0 spiro atoms. The van der Waals surface area contributed by atoms with E-state index in [1.807, 2.05) is 0 Å². The third kappa shape index (κ3) is 10.0. The average molecular weight is 248 g/mol. The van der Waals surface area contributed by atoms with E-state index in [9.17, 15) is 13.0 Å². The summed E-state index contributed by atoms with van der Waals surface area (Å²) in [7, 11) is -4.49. The molecule has 0 aliphatic carbocycles. The minimum Gasteiger partial charge on any atom is -0.746 e. The van der Waals surface area contributed by atoms with Crippen LogP contribution in [0, 0.1) is 0 Å². The van der Waals surface area contributed by atoms with Gasteiger partial charge in [0.25, 0.3) is 0 Å². The molecule has 0 heterocycles. The van der Waals surface area contributed by atoms with Crippen LogP contribution in [0.5, 0.6) is 0 Å². The van der Waals surface area contributed by atoms with Crippen molar-refractivity contribution in [3.8, 4) is 0 Å². The molecule has 80 valence electrons. The number of hydrogen-bond donors (Lipinski definition) is 1. The van der Waals surface area contributed by atoms with Crippen LogP contribution in [0.25, 0.3) is 0 Å². The molecule has 0 aliphatic heterocycles. The first-order chi connectivity index (χ1) is 5.98. The Labute approximate surface area is 129 Å². The molecule has 0 rings (SSSR count). The van der Waals surface area contributed by atoms with Crippen LogP contribution >= 0.6 is 0 Å². The summed E-state index contributed by atoms with van der Waals surface area (Å²) in [6, 6.07) is 0. The second-order valence-corrected chi connectivity index (χ2v) is 4.68. The third-order valence-electron chi connectivity index (χ3n) is 1.89. The standard InChI is InChI=1S/C8H18O4S.K/c1-2-3-4-5-6-7-8(9)13(10,11)12;/h8-9H,2-7H2,1H3,(H,10,11,12);/q;+1/p-1. The maximum Gasteiger partial charge on any atom is 1.00 e. The van der Waals surface area contributed by atoms with E-state index in [0.29, 0.717) is 6.42 Å². The van der Waals surface area contributed by atoms with Crippen molar-refractivity contribution in [2.24, 2.45) is 0 Å². The van der Waals surface area contributed by atoms with Crippen molar-refractivity contribution in [1.29, 1.82) is 0 Å². The molecule has 4 nitrogen and oxygen atoms in total. The van der Waals surface area contributed by atoms with E-state index in [4.69, 9.17) is 5.11 Å². The SMILES string of the molecule is CCCCCCCC(O)S(=O)(=O)[O-].[K+]. The molecule has 6 heteroatoms. The summed E-state index contributed by atoms with van der Waals surface area (Å²) in [4.78, 5) is 0. The monoisotopic (exact) mass is 248 g/mol. The molecule has 0 fully saturated rings. The quantitative estimate of drug-likeness (QED) is 0.328. The van der Waals surface area contributed by atoms with Gasteiger partial charge in [0.05, 0.1) is 0 Å². The minimum atomic E-state index is -4.49. The zero-order valence-corrected chi connectivity index (χ0v) is 12.8. The van der Waals surface area contributed by atoms with E-state index in [-0.39, 0.29) is 57.8 Å². The predicted octanol–water partition coefficient (Wildman–Crippen LogP) is -1.79. The van der Waals surface area contributed by atoms with E-state index in [1.165, 1.54) is 0 Å². The Morgan fingerprint density at radius 2 is 1.71 bits per heavy atom. The molecular weight excluding hydrogens is 231 g/mol. The van der Waals surface area contributed by atoms with E-state index >= 15 is 0 Å². The molecule has 1 unspecified atom stereocenters. The predicted molar refractivity (Wildman–Crippen MR) is 49.1 cm³/mol. The molecular formula is C8H17KO4S. The Morgan fingerprint density at radius 3 is 2.14 bits per heavy atom. The van der Waals surface area contributed by atoms with Crippen molar-refractivity contribution >= 4 is 10.1 Å². The molecule has 1 N–H and O–H groups in total. The fourth-order valence-electron chi connectivity index (χ4n) is 1.07. The van der Waals surface area contributed by atoms with Crippen LogP contribution in [0.3, 0.4) is 0 Å². The van der Waals surface area contributed by atoms with Crippen molar-refractivity contribution in [2.45, 2.75) is 50.9 Å². The Hall–Kier alpha value is 1.51. The van der Waals surface area contributed by atoms with E-state index in [0.717, 1.165) is 25.7 Å². The van der Waals surface area contributed by atoms with Crippen LogP contribution in [0.1, 0.15) is 45.4 Å². The van der Waals surface area contributed by atoms with Gasteiger partial charge in [0.1, 0.15) is 15.6 Å². The minimum absolute atomic E-state index is 0. The van der Waals surface area contributed by atoms with Crippen molar-refractivity contribution in [1.82, 2.24) is 0 Å². The zero-order chi connectivity index (χ0) is 10.3. The normalized spacial score (nSPS) is 13.4. The molecule has 0 aromatic rings. The van der Waals surface area contributed by atoms with Gasteiger partial charge < -0.3 is 9.66 Å². The number of unbranched alkanes of at least 4 members (excludes halogenated alkanes) is 4. The van der Waals surface area contributed by atoms with Gasteiger partial charge in [0.15, 0.2) is 0 Å². The van der Waals surface area contributed by atoms with Crippen molar-refractivity contribution in [3.63, 3.8) is 0 Å². The van der Waals surface area contributed by atoms with E-state index in [2.05, 4.69) is 6.92 Å². The summed E-state index contributed by atoms with van der Waals surface area (Å²) in [6.45, 7) is 2.08. The third-order valence-corrected chi connectivity index (χ3v) is 2.79. The van der Waals surface area contributed by atoms with Gasteiger partial charge in [0.2, 0.25) is 0 Å². The molecule has 0 aromatic carbocycles. The maximum absolute atomic E-state index is 10.2. The van der Waals surface area contributed by atoms with Crippen LogP contribution in [0.4, 0.5) is 0 Å². The molecule has 1 atom stereocenters. The number of aliphatic hydroxyl groups excluding tert-OH is 1. The summed E-state index contributed by atoms with van der Waals surface area (Å²) in [6.07, 6.45) is 4.79. The first-order valence-electron chi connectivity index (χ1n) is 4.61. The van der Waals surface area contributed by atoms with Crippen LogP contribution in [0.2, 0.25) is 0 Å². The van der Waals surface area contributed by atoms with Crippen molar-refractivity contribution < 1.29 is 69.5 Å². The first kappa shape index (κ1) is 17.9. The average Bonchev–Trinajstić information content (AvgIpc) is 2.02. The van der Waals surface area contributed by atoms with Gasteiger partial charge in [-0.05, 0) is 12.8 Å². The fraction of sp³-hybridized carbons (Fsp3) is 1.00. The topological polar surface area (TPSA) is 77.4 Å². The number of rotatable bonds is 7. The van der Waals surface area contributed by atoms with Gasteiger partial charge in [-0.2, -0.15) is 0 Å². The number of aliphatic hydroxyl groups is 1. The van der Waals surface area contributed by atoms with Gasteiger partial charge in [-0.3, -0.25) is 0 Å². The van der Waals surface area contributed by atoms with E-state index in [1.54, 1.807) is 0 Å². The van der Waals surface area contributed by atoms with Crippen LogP contribution in [-0.4, -0.2) is 23.5 Å². The Balaban J connectivity index is 0. The van der Waals surface area contributed by atoms with Gasteiger partial charge in [0, 0.05) is 0 Å². The van der Waals surface area contributed by atoms with Gasteiger partial charge in [-0.15, -0.1) is 0 Å².